The van der Waals surface area contributed by atoms with Crippen LogP contribution in [-0.2, 0) is 14.3 Å². The van der Waals surface area contributed by atoms with Crippen LogP contribution < -0.4 is 5.32 Å². The maximum Gasteiger partial charge on any atom is 0.305 e. The summed E-state index contributed by atoms with van der Waals surface area (Å²) in [5, 5.41) is 23.3. The molecule has 0 fully saturated rings. The Labute approximate surface area is 457 Å². The minimum atomic E-state index is -0.664. The lowest BCUT2D eigenvalue weighted by Crippen LogP contribution is -2.45. The highest BCUT2D eigenvalue weighted by molar-refractivity contribution is 5.76. The van der Waals surface area contributed by atoms with Crippen molar-refractivity contribution < 1.29 is 24.5 Å². The summed E-state index contributed by atoms with van der Waals surface area (Å²) in [5.41, 5.74) is 0. The van der Waals surface area contributed by atoms with Gasteiger partial charge in [-0.05, 0) is 51.4 Å². The molecule has 0 saturated carbocycles. The van der Waals surface area contributed by atoms with E-state index in [9.17, 15) is 19.8 Å². The second-order valence-electron chi connectivity index (χ2n) is 23.2. The Bertz CT molecular complexity index is 1100. The second-order valence-corrected chi connectivity index (χ2v) is 23.2. The van der Waals surface area contributed by atoms with Crippen molar-refractivity contribution in [2.75, 3.05) is 13.2 Å². The summed E-state index contributed by atoms with van der Waals surface area (Å²) in [6, 6.07) is -0.541. The van der Waals surface area contributed by atoms with Gasteiger partial charge in [-0.1, -0.05) is 328 Å². The van der Waals surface area contributed by atoms with Crippen LogP contribution in [0.15, 0.2) is 12.2 Å². The van der Waals surface area contributed by atoms with Gasteiger partial charge in [0.15, 0.2) is 0 Å². The fourth-order valence-corrected chi connectivity index (χ4v) is 10.7. The molecule has 6 heteroatoms. The third-order valence-corrected chi connectivity index (χ3v) is 15.8. The van der Waals surface area contributed by atoms with E-state index in [-0.39, 0.29) is 18.5 Å². The van der Waals surface area contributed by atoms with E-state index in [2.05, 4.69) is 31.3 Å². The van der Waals surface area contributed by atoms with E-state index in [0.717, 1.165) is 38.5 Å². The molecule has 0 aromatic heterocycles. The van der Waals surface area contributed by atoms with E-state index in [1.54, 1.807) is 0 Å². The van der Waals surface area contributed by atoms with E-state index < -0.39 is 12.1 Å². The van der Waals surface area contributed by atoms with E-state index in [4.69, 9.17) is 4.74 Å². The molecule has 3 N–H and O–H groups in total. The first-order chi connectivity index (χ1) is 36.0. The highest BCUT2D eigenvalue weighted by Crippen LogP contribution is 2.19. The van der Waals surface area contributed by atoms with Crippen molar-refractivity contribution in [3.05, 3.63) is 12.2 Å². The van der Waals surface area contributed by atoms with Crippen molar-refractivity contribution in [3.63, 3.8) is 0 Å². The molecule has 2 atom stereocenters. The standard InChI is InChI=1S/C67H131NO5/c1-3-5-7-9-11-13-15-17-18-30-33-36-39-43-47-51-55-59-65(70)64(63-69)68-66(71)60-56-52-48-44-40-37-34-31-28-26-24-22-20-19-21-23-25-27-29-32-35-38-42-46-50-54-58-62-73-67(72)61-57-53-49-45-41-16-14-12-10-8-6-4-2/h19-20,64-65,69-70H,3-18,21-63H2,1-2H3,(H,68,71)/b20-19-. The number of amides is 1. The molecular weight excluding hydrogens is 899 g/mol. The molecule has 0 aromatic carbocycles. The zero-order valence-corrected chi connectivity index (χ0v) is 49.6. The summed E-state index contributed by atoms with van der Waals surface area (Å²) in [4.78, 5) is 24.5. The van der Waals surface area contributed by atoms with Crippen LogP contribution in [0.2, 0.25) is 0 Å². The van der Waals surface area contributed by atoms with Crippen LogP contribution in [0.4, 0.5) is 0 Å². The number of ether oxygens (including phenoxy) is 1. The Morgan fingerprint density at radius 3 is 0.973 bits per heavy atom. The zero-order valence-electron chi connectivity index (χ0n) is 49.6. The van der Waals surface area contributed by atoms with Crippen LogP contribution in [0.3, 0.4) is 0 Å². The number of esters is 1. The van der Waals surface area contributed by atoms with Gasteiger partial charge in [-0.15, -0.1) is 0 Å². The number of carbonyl (C=O) groups excluding carboxylic acids is 2. The van der Waals surface area contributed by atoms with Crippen molar-refractivity contribution >= 4 is 11.9 Å². The van der Waals surface area contributed by atoms with E-state index in [0.29, 0.717) is 25.9 Å². The highest BCUT2D eigenvalue weighted by Gasteiger charge is 2.20. The lowest BCUT2D eigenvalue weighted by molar-refractivity contribution is -0.143. The molecule has 0 heterocycles. The quantitative estimate of drug-likeness (QED) is 0.0320. The molecule has 0 radical (unpaired) electrons. The zero-order chi connectivity index (χ0) is 52.9. The van der Waals surface area contributed by atoms with Gasteiger partial charge < -0.3 is 20.3 Å². The average Bonchev–Trinajstić information content (AvgIpc) is 3.39. The van der Waals surface area contributed by atoms with Crippen LogP contribution in [0.1, 0.15) is 380 Å². The molecule has 0 aromatic rings. The summed E-state index contributed by atoms with van der Waals surface area (Å²) in [6.07, 6.45) is 76.7. The molecule has 2 unspecified atom stereocenters. The lowest BCUT2D eigenvalue weighted by Gasteiger charge is -2.22. The van der Waals surface area contributed by atoms with Gasteiger partial charge in [-0.25, -0.2) is 0 Å². The predicted octanol–water partition coefficient (Wildman–Crippen LogP) is 21.2. The minimum absolute atomic E-state index is 0.0166. The fraction of sp³-hybridized carbons (Fsp3) is 0.940. The number of carbonyl (C=O) groups is 2. The number of nitrogens with one attached hydrogen (secondary N) is 1. The monoisotopic (exact) mass is 1030 g/mol. The van der Waals surface area contributed by atoms with Crippen LogP contribution in [0.5, 0.6) is 0 Å². The van der Waals surface area contributed by atoms with Gasteiger partial charge in [0.05, 0.1) is 25.4 Å². The first-order valence-electron chi connectivity index (χ1n) is 33.4. The maximum atomic E-state index is 12.5. The van der Waals surface area contributed by atoms with Gasteiger partial charge in [-0.3, -0.25) is 9.59 Å². The van der Waals surface area contributed by atoms with Crippen molar-refractivity contribution in [1.82, 2.24) is 5.32 Å². The summed E-state index contributed by atoms with van der Waals surface area (Å²) in [6.45, 7) is 4.99. The summed E-state index contributed by atoms with van der Waals surface area (Å²) < 4.78 is 5.48. The fourth-order valence-electron chi connectivity index (χ4n) is 10.7. The molecule has 1 amide bonds. The third kappa shape index (κ3) is 59.7. The van der Waals surface area contributed by atoms with E-state index in [1.165, 1.54) is 308 Å². The molecule has 0 aliphatic rings. The molecule has 0 rings (SSSR count). The number of rotatable bonds is 63. The van der Waals surface area contributed by atoms with Gasteiger partial charge in [0.2, 0.25) is 5.91 Å². The van der Waals surface area contributed by atoms with E-state index in [1.807, 2.05) is 0 Å². The molecule has 0 aliphatic carbocycles. The molecule has 0 spiro atoms. The normalized spacial score (nSPS) is 12.5. The first-order valence-corrected chi connectivity index (χ1v) is 33.4. The molecule has 6 nitrogen and oxygen atoms in total. The molecule has 0 saturated heterocycles. The summed E-state index contributed by atoms with van der Waals surface area (Å²) in [7, 11) is 0. The summed E-state index contributed by atoms with van der Waals surface area (Å²) in [5.74, 6) is -0.0156. The van der Waals surface area contributed by atoms with Gasteiger partial charge >= 0.3 is 5.97 Å². The first kappa shape index (κ1) is 71.6. The lowest BCUT2D eigenvalue weighted by atomic mass is 10.0. The Balaban J connectivity index is 3.38. The average molecular weight is 1030 g/mol. The number of aliphatic hydroxyl groups is 2. The SMILES string of the molecule is CCCCCCCCCCCCCCCCCCCC(O)C(CO)NC(=O)CCCCCCCCCCCCC/C=C\CCCCCCCCCCCCCCOC(=O)CCCCCCCCCCCCCC. The van der Waals surface area contributed by atoms with Crippen LogP contribution in [-0.4, -0.2) is 47.4 Å². The smallest absolute Gasteiger partial charge is 0.305 e. The second kappa shape index (κ2) is 63.1. The topological polar surface area (TPSA) is 95.9 Å². The molecular formula is C67H131NO5. The Morgan fingerprint density at radius 2 is 0.644 bits per heavy atom. The van der Waals surface area contributed by atoms with Crippen molar-refractivity contribution in [3.8, 4) is 0 Å². The Kier molecular flexibility index (Phi) is 61.9. The largest absolute Gasteiger partial charge is 0.466 e. The number of allylic oxidation sites excluding steroid dienone is 2. The Hall–Kier alpha value is -1.40. The van der Waals surface area contributed by atoms with Gasteiger partial charge in [-0.2, -0.15) is 0 Å². The highest BCUT2D eigenvalue weighted by atomic mass is 16.5. The van der Waals surface area contributed by atoms with Crippen LogP contribution in [0.25, 0.3) is 0 Å². The third-order valence-electron chi connectivity index (χ3n) is 15.8. The van der Waals surface area contributed by atoms with Gasteiger partial charge in [0, 0.05) is 12.8 Å². The molecule has 434 valence electrons. The van der Waals surface area contributed by atoms with Gasteiger partial charge in [0.1, 0.15) is 0 Å². The minimum Gasteiger partial charge on any atom is -0.466 e. The number of aliphatic hydroxyl groups excluding tert-OH is 2. The van der Waals surface area contributed by atoms with Crippen molar-refractivity contribution in [2.45, 2.75) is 392 Å². The maximum absolute atomic E-state index is 12.5. The summed E-state index contributed by atoms with van der Waals surface area (Å²) >= 11 is 0. The number of hydrogen-bond acceptors (Lipinski definition) is 5. The number of unbranched alkanes of at least 4 members (excludes halogenated alkanes) is 50. The van der Waals surface area contributed by atoms with Gasteiger partial charge in [0.25, 0.3) is 0 Å². The molecule has 73 heavy (non-hydrogen) atoms. The Morgan fingerprint density at radius 1 is 0.370 bits per heavy atom. The molecule has 0 bridgehead atoms. The van der Waals surface area contributed by atoms with E-state index >= 15 is 0 Å². The molecule has 0 aliphatic heterocycles. The predicted molar refractivity (Wildman–Crippen MR) is 320 cm³/mol. The van der Waals surface area contributed by atoms with Crippen molar-refractivity contribution in [2.24, 2.45) is 0 Å². The van der Waals surface area contributed by atoms with Crippen LogP contribution >= 0.6 is 0 Å². The van der Waals surface area contributed by atoms with Crippen LogP contribution in [0, 0.1) is 0 Å². The number of hydrogen-bond donors (Lipinski definition) is 3. The van der Waals surface area contributed by atoms with Crippen molar-refractivity contribution in [1.29, 1.82) is 0 Å².